The Balaban J connectivity index is 1.41. The predicted octanol–water partition coefficient (Wildman–Crippen LogP) is 3.47. The SMILES string of the molecule is CC(=O)[N+]1(Cc2ccccc2)CC[C@@H](O)[C@@H](C(N)C23CC4CC(CC(C4)C2)C3)C1. The zero-order valence-corrected chi connectivity index (χ0v) is 17.8. The van der Waals surface area contributed by atoms with Crippen LogP contribution >= 0.6 is 0 Å². The molecule has 4 atom stereocenters. The standard InChI is InChI=1S/C25H37N2O2/c1-17(28)27(15-18-5-3-2-4-6-18)8-7-23(29)22(16-27)24(26)25-12-19-9-20(13-25)11-21(10-19)14-25/h2-6,19-24,29H,7-16,26H2,1H3/q+1/t19?,20?,21?,22-,23+,24?,25?,27?/m0/s1. The number of benzene rings is 1. The summed E-state index contributed by atoms with van der Waals surface area (Å²) in [6.45, 7) is 3.85. The molecule has 158 valence electrons. The summed E-state index contributed by atoms with van der Waals surface area (Å²) in [5, 5.41) is 11.0. The Hall–Kier alpha value is -1.23. The number of nitrogens with zero attached hydrogens (tertiary/aromatic N) is 1. The van der Waals surface area contributed by atoms with E-state index >= 15 is 0 Å². The smallest absolute Gasteiger partial charge is 0.310 e. The van der Waals surface area contributed by atoms with Gasteiger partial charge in [0.05, 0.1) is 32.0 Å². The van der Waals surface area contributed by atoms with E-state index in [0.29, 0.717) is 24.0 Å². The first-order chi connectivity index (χ1) is 13.9. The van der Waals surface area contributed by atoms with Crippen LogP contribution in [-0.2, 0) is 11.3 Å². The summed E-state index contributed by atoms with van der Waals surface area (Å²) in [7, 11) is 0. The highest BCUT2D eigenvalue weighted by atomic mass is 16.3. The fraction of sp³-hybridized carbons (Fsp3) is 0.720. The lowest BCUT2D eigenvalue weighted by Gasteiger charge is -2.61. The summed E-state index contributed by atoms with van der Waals surface area (Å²) in [5.41, 5.74) is 8.47. The van der Waals surface area contributed by atoms with Crippen LogP contribution in [0, 0.1) is 29.1 Å². The highest BCUT2D eigenvalue weighted by Gasteiger charge is 2.57. The van der Waals surface area contributed by atoms with E-state index in [2.05, 4.69) is 12.1 Å². The summed E-state index contributed by atoms with van der Waals surface area (Å²) in [6.07, 6.45) is 8.27. The molecule has 1 aromatic rings. The molecule has 1 heterocycles. The van der Waals surface area contributed by atoms with Crippen molar-refractivity contribution in [2.24, 2.45) is 34.8 Å². The molecule has 1 aromatic carbocycles. The second kappa shape index (κ2) is 7.18. The van der Waals surface area contributed by atoms with Gasteiger partial charge in [-0.05, 0) is 61.7 Å². The molecule has 5 fully saturated rings. The summed E-state index contributed by atoms with van der Waals surface area (Å²) in [5.74, 6) is 2.79. The van der Waals surface area contributed by atoms with Gasteiger partial charge in [0.25, 0.3) is 0 Å². The van der Waals surface area contributed by atoms with Gasteiger partial charge >= 0.3 is 5.91 Å². The number of aliphatic hydroxyl groups is 1. The number of hydrogen-bond donors (Lipinski definition) is 2. The summed E-state index contributed by atoms with van der Waals surface area (Å²) in [4.78, 5) is 12.9. The van der Waals surface area contributed by atoms with E-state index in [0.717, 1.165) is 24.3 Å². The third kappa shape index (κ3) is 3.37. The summed E-state index contributed by atoms with van der Waals surface area (Å²) < 4.78 is 0.436. The molecule has 29 heavy (non-hydrogen) atoms. The van der Waals surface area contributed by atoms with E-state index in [1.165, 1.54) is 44.1 Å². The van der Waals surface area contributed by atoms with Crippen molar-refractivity contribution >= 4 is 5.91 Å². The van der Waals surface area contributed by atoms with E-state index < -0.39 is 0 Å². The van der Waals surface area contributed by atoms with Crippen LogP contribution in [0.25, 0.3) is 0 Å². The highest BCUT2D eigenvalue weighted by molar-refractivity contribution is 5.66. The number of hydrogen-bond acceptors (Lipinski definition) is 3. The third-order valence-electron chi connectivity index (χ3n) is 9.16. The molecule has 1 aliphatic heterocycles. The quantitative estimate of drug-likeness (QED) is 0.765. The van der Waals surface area contributed by atoms with Gasteiger partial charge in [-0.3, -0.25) is 4.48 Å². The lowest BCUT2D eigenvalue weighted by Crippen LogP contribution is -2.66. The normalized spacial score (nSPS) is 44.6. The first-order valence-corrected chi connectivity index (χ1v) is 11.7. The van der Waals surface area contributed by atoms with E-state index in [9.17, 15) is 9.90 Å². The lowest BCUT2D eigenvalue weighted by molar-refractivity contribution is -0.877. The number of likely N-dealkylation sites (tertiary alicyclic amines) is 1. The molecular formula is C25H37N2O2+. The van der Waals surface area contributed by atoms with Crippen LogP contribution < -0.4 is 5.73 Å². The van der Waals surface area contributed by atoms with E-state index in [1.54, 1.807) is 6.92 Å². The minimum atomic E-state index is -0.376. The van der Waals surface area contributed by atoms with Gasteiger partial charge in [0.15, 0.2) is 0 Å². The number of piperidine rings is 1. The number of nitrogens with two attached hydrogens (primary N) is 1. The third-order valence-corrected chi connectivity index (χ3v) is 9.16. The zero-order valence-electron chi connectivity index (χ0n) is 17.8. The number of quaternary nitrogens is 1. The largest absolute Gasteiger partial charge is 0.392 e. The molecule has 5 aliphatic rings. The molecule has 4 aliphatic carbocycles. The fourth-order valence-electron chi connectivity index (χ4n) is 8.08. The van der Waals surface area contributed by atoms with Crippen LogP contribution in [0.4, 0.5) is 0 Å². The minimum absolute atomic E-state index is 0.0128. The van der Waals surface area contributed by atoms with Gasteiger partial charge in [-0.1, -0.05) is 30.3 Å². The Morgan fingerprint density at radius 3 is 2.28 bits per heavy atom. The first-order valence-electron chi connectivity index (χ1n) is 11.7. The number of rotatable bonds is 4. The van der Waals surface area contributed by atoms with E-state index in [4.69, 9.17) is 5.73 Å². The molecule has 6 rings (SSSR count). The Morgan fingerprint density at radius 2 is 1.72 bits per heavy atom. The molecule has 2 unspecified atom stereocenters. The van der Waals surface area contributed by atoms with Crippen molar-refractivity contribution < 1.29 is 14.4 Å². The van der Waals surface area contributed by atoms with Crippen LogP contribution in [0.3, 0.4) is 0 Å². The van der Waals surface area contributed by atoms with Crippen LogP contribution in [0.2, 0.25) is 0 Å². The summed E-state index contributed by atoms with van der Waals surface area (Å²) >= 11 is 0. The molecule has 4 nitrogen and oxygen atoms in total. The van der Waals surface area contributed by atoms with E-state index in [1.807, 2.05) is 18.2 Å². The molecular weight excluding hydrogens is 360 g/mol. The second-order valence-electron chi connectivity index (χ2n) is 11.0. The Bertz CT molecular complexity index is 728. The van der Waals surface area contributed by atoms with Gasteiger partial charge in [-0.15, -0.1) is 0 Å². The maximum absolute atomic E-state index is 12.9. The van der Waals surface area contributed by atoms with Crippen LogP contribution in [-0.4, -0.2) is 40.7 Å². The molecule has 0 aromatic heterocycles. The number of carbonyl (C=O) groups is 1. The maximum Gasteiger partial charge on any atom is 0.310 e. The van der Waals surface area contributed by atoms with Gasteiger partial charge in [0.2, 0.25) is 0 Å². The zero-order chi connectivity index (χ0) is 20.2. The minimum Gasteiger partial charge on any atom is -0.392 e. The van der Waals surface area contributed by atoms with E-state index in [-0.39, 0.29) is 29.4 Å². The van der Waals surface area contributed by atoms with Crippen molar-refractivity contribution in [3.05, 3.63) is 35.9 Å². The first kappa shape index (κ1) is 19.7. The average Bonchev–Trinajstić information content (AvgIpc) is 2.69. The van der Waals surface area contributed by atoms with Crippen molar-refractivity contribution in [2.75, 3.05) is 13.1 Å². The molecule has 1 saturated heterocycles. The second-order valence-corrected chi connectivity index (χ2v) is 11.0. The molecule has 4 bridgehead atoms. The number of aliphatic hydroxyl groups excluding tert-OH is 1. The molecule has 4 heteroatoms. The Kier molecular flexibility index (Phi) is 4.88. The maximum atomic E-state index is 12.9. The Morgan fingerprint density at radius 1 is 1.14 bits per heavy atom. The molecule has 3 N–H and O–H groups in total. The number of carbonyl (C=O) groups excluding carboxylic acids is 1. The van der Waals surface area contributed by atoms with Crippen LogP contribution in [0.1, 0.15) is 57.4 Å². The molecule has 0 radical (unpaired) electrons. The van der Waals surface area contributed by atoms with Gasteiger partial charge < -0.3 is 10.8 Å². The fourth-order valence-corrected chi connectivity index (χ4v) is 8.08. The lowest BCUT2D eigenvalue weighted by atomic mass is 9.46. The molecule has 4 saturated carbocycles. The predicted molar refractivity (Wildman–Crippen MR) is 114 cm³/mol. The molecule has 0 spiro atoms. The van der Waals surface area contributed by atoms with Crippen molar-refractivity contribution in [3.63, 3.8) is 0 Å². The monoisotopic (exact) mass is 397 g/mol. The van der Waals surface area contributed by atoms with Crippen LogP contribution in [0.5, 0.6) is 0 Å². The van der Waals surface area contributed by atoms with Crippen molar-refractivity contribution in [3.8, 4) is 0 Å². The topological polar surface area (TPSA) is 63.3 Å². The number of amides is 1. The van der Waals surface area contributed by atoms with Gasteiger partial charge in [-0.2, -0.15) is 0 Å². The highest BCUT2D eigenvalue weighted by Crippen LogP contribution is 2.62. The average molecular weight is 398 g/mol. The molecule has 1 amide bonds. The summed E-state index contributed by atoms with van der Waals surface area (Å²) in [6, 6.07) is 10.4. The van der Waals surface area contributed by atoms with Gasteiger partial charge in [-0.25, -0.2) is 4.79 Å². The van der Waals surface area contributed by atoms with Crippen molar-refractivity contribution in [1.82, 2.24) is 0 Å². The Labute approximate surface area is 175 Å². The van der Waals surface area contributed by atoms with Gasteiger partial charge in [0, 0.05) is 18.0 Å². The van der Waals surface area contributed by atoms with Crippen molar-refractivity contribution in [1.29, 1.82) is 0 Å². The van der Waals surface area contributed by atoms with Crippen LogP contribution in [0.15, 0.2) is 30.3 Å². The van der Waals surface area contributed by atoms with Crippen molar-refractivity contribution in [2.45, 2.75) is 70.6 Å². The van der Waals surface area contributed by atoms with Gasteiger partial charge in [0.1, 0.15) is 6.54 Å².